The van der Waals surface area contributed by atoms with Gasteiger partial charge in [0, 0.05) is 6.54 Å². The van der Waals surface area contributed by atoms with Crippen LogP contribution in [0.15, 0.2) is 18.2 Å². The lowest BCUT2D eigenvalue weighted by molar-refractivity contribution is 0.0527. The molecule has 1 aromatic carbocycles. The van der Waals surface area contributed by atoms with Crippen LogP contribution >= 0.6 is 0 Å². The summed E-state index contributed by atoms with van der Waals surface area (Å²) in [6.45, 7) is 3.04. The predicted octanol–water partition coefficient (Wildman–Crippen LogP) is 2.27. The highest BCUT2D eigenvalue weighted by atomic mass is 16.5. The molecule has 1 aliphatic rings. The Hall–Kier alpha value is -1.71. The summed E-state index contributed by atoms with van der Waals surface area (Å²) in [5.74, 6) is 0.405. The van der Waals surface area contributed by atoms with E-state index in [-0.39, 0.29) is 5.97 Å². The van der Waals surface area contributed by atoms with Crippen molar-refractivity contribution < 1.29 is 9.53 Å². The fraction of sp³-hybridized carbons (Fsp3) is 0.462. The summed E-state index contributed by atoms with van der Waals surface area (Å²) in [5.41, 5.74) is 7.71. The van der Waals surface area contributed by atoms with E-state index in [4.69, 9.17) is 10.5 Å². The second-order valence-electron chi connectivity index (χ2n) is 4.31. The minimum Gasteiger partial charge on any atom is -0.462 e. The molecule has 1 fully saturated rings. The Bertz CT molecular complexity index is 414. The number of ether oxygens (including phenoxy) is 1. The minimum atomic E-state index is -0.321. The van der Waals surface area contributed by atoms with Gasteiger partial charge in [0.05, 0.1) is 23.5 Å². The number of anilines is 2. The van der Waals surface area contributed by atoms with Gasteiger partial charge in [-0.3, -0.25) is 0 Å². The van der Waals surface area contributed by atoms with Gasteiger partial charge in [-0.1, -0.05) is 6.07 Å². The van der Waals surface area contributed by atoms with Crippen LogP contribution < -0.4 is 11.1 Å². The molecule has 4 heteroatoms. The number of carbonyl (C=O) groups is 1. The second kappa shape index (κ2) is 5.08. The Morgan fingerprint density at radius 3 is 2.94 bits per heavy atom. The van der Waals surface area contributed by atoms with E-state index in [2.05, 4.69) is 5.32 Å². The van der Waals surface area contributed by atoms with Crippen molar-refractivity contribution in [2.24, 2.45) is 5.92 Å². The number of nitrogen functional groups attached to an aromatic ring is 1. The molecule has 3 N–H and O–H groups in total. The van der Waals surface area contributed by atoms with Crippen LogP contribution in [0.3, 0.4) is 0 Å². The Morgan fingerprint density at radius 1 is 1.53 bits per heavy atom. The first kappa shape index (κ1) is 11.8. The van der Waals surface area contributed by atoms with Crippen LogP contribution in [0.2, 0.25) is 0 Å². The van der Waals surface area contributed by atoms with Gasteiger partial charge in [0.2, 0.25) is 0 Å². The normalized spacial score (nSPS) is 14.4. The average molecular weight is 234 g/mol. The van der Waals surface area contributed by atoms with Crippen molar-refractivity contribution in [1.82, 2.24) is 0 Å². The monoisotopic (exact) mass is 234 g/mol. The summed E-state index contributed by atoms with van der Waals surface area (Å²) >= 11 is 0. The van der Waals surface area contributed by atoms with Crippen molar-refractivity contribution in [2.75, 3.05) is 24.2 Å². The highest BCUT2D eigenvalue weighted by molar-refractivity contribution is 5.98. The average Bonchev–Trinajstić information content (AvgIpc) is 3.11. The van der Waals surface area contributed by atoms with Crippen LogP contribution in [0.25, 0.3) is 0 Å². The largest absolute Gasteiger partial charge is 0.462 e. The summed E-state index contributed by atoms with van der Waals surface area (Å²) in [5, 5.41) is 3.26. The van der Waals surface area contributed by atoms with Crippen LogP contribution in [-0.4, -0.2) is 19.1 Å². The zero-order valence-electron chi connectivity index (χ0n) is 10.0. The van der Waals surface area contributed by atoms with Gasteiger partial charge in [0.1, 0.15) is 0 Å². The number of carbonyl (C=O) groups excluding carboxylic acids is 1. The fourth-order valence-corrected chi connectivity index (χ4v) is 1.71. The number of para-hydroxylation sites is 1. The Balaban J connectivity index is 2.16. The molecule has 0 saturated heterocycles. The lowest BCUT2D eigenvalue weighted by atomic mass is 10.1. The van der Waals surface area contributed by atoms with Crippen LogP contribution in [0.1, 0.15) is 30.1 Å². The molecule has 4 nitrogen and oxygen atoms in total. The van der Waals surface area contributed by atoms with Gasteiger partial charge in [-0.25, -0.2) is 4.79 Å². The van der Waals surface area contributed by atoms with Crippen LogP contribution in [0.5, 0.6) is 0 Å². The zero-order chi connectivity index (χ0) is 12.3. The molecule has 0 spiro atoms. The molecule has 2 rings (SSSR count). The lowest BCUT2D eigenvalue weighted by Crippen LogP contribution is -2.13. The topological polar surface area (TPSA) is 64.3 Å². The van der Waals surface area contributed by atoms with Crippen molar-refractivity contribution >= 4 is 17.3 Å². The van der Waals surface area contributed by atoms with E-state index in [0.29, 0.717) is 23.5 Å². The summed E-state index contributed by atoms with van der Waals surface area (Å²) in [6.07, 6.45) is 2.52. The first-order chi connectivity index (χ1) is 8.22. The first-order valence-electron chi connectivity index (χ1n) is 6.02. The lowest BCUT2D eigenvalue weighted by Gasteiger charge is -2.13. The molecule has 0 bridgehead atoms. The van der Waals surface area contributed by atoms with Crippen molar-refractivity contribution in [3.05, 3.63) is 23.8 Å². The summed E-state index contributed by atoms with van der Waals surface area (Å²) in [4.78, 5) is 11.8. The third-order valence-corrected chi connectivity index (χ3v) is 2.86. The van der Waals surface area contributed by atoms with E-state index in [1.165, 1.54) is 12.8 Å². The molecule has 17 heavy (non-hydrogen) atoms. The second-order valence-corrected chi connectivity index (χ2v) is 4.31. The summed E-state index contributed by atoms with van der Waals surface area (Å²) in [6, 6.07) is 5.30. The highest BCUT2D eigenvalue weighted by Gasteiger charge is 2.22. The quantitative estimate of drug-likeness (QED) is 0.606. The number of nitrogens with two attached hydrogens (primary N) is 1. The maximum atomic E-state index is 11.8. The first-order valence-corrected chi connectivity index (χ1v) is 6.02. The fourth-order valence-electron chi connectivity index (χ4n) is 1.71. The Morgan fingerprint density at radius 2 is 2.29 bits per heavy atom. The molecule has 1 aliphatic carbocycles. The van der Waals surface area contributed by atoms with E-state index in [9.17, 15) is 4.79 Å². The summed E-state index contributed by atoms with van der Waals surface area (Å²) in [7, 11) is 0. The van der Waals surface area contributed by atoms with E-state index in [1.807, 2.05) is 0 Å². The number of hydrogen-bond acceptors (Lipinski definition) is 4. The van der Waals surface area contributed by atoms with Gasteiger partial charge in [-0.2, -0.15) is 0 Å². The van der Waals surface area contributed by atoms with Gasteiger partial charge < -0.3 is 15.8 Å². The van der Waals surface area contributed by atoms with Gasteiger partial charge in [0.25, 0.3) is 0 Å². The van der Waals surface area contributed by atoms with Gasteiger partial charge in [-0.15, -0.1) is 0 Å². The van der Waals surface area contributed by atoms with E-state index < -0.39 is 0 Å². The molecular formula is C13H18N2O2. The molecular weight excluding hydrogens is 216 g/mol. The Kier molecular flexibility index (Phi) is 3.52. The molecule has 0 atom stereocenters. The third kappa shape index (κ3) is 2.90. The molecule has 92 valence electrons. The summed E-state index contributed by atoms with van der Waals surface area (Å²) < 4.78 is 5.01. The van der Waals surface area contributed by atoms with E-state index in [0.717, 1.165) is 12.5 Å². The molecule has 0 aliphatic heterocycles. The van der Waals surface area contributed by atoms with Crippen LogP contribution in [0, 0.1) is 5.92 Å². The molecule has 0 heterocycles. The highest BCUT2D eigenvalue weighted by Crippen LogP contribution is 2.31. The van der Waals surface area contributed by atoms with Gasteiger partial charge in [0.15, 0.2) is 0 Å². The maximum Gasteiger partial charge on any atom is 0.340 e. The molecule has 0 aromatic heterocycles. The smallest absolute Gasteiger partial charge is 0.340 e. The molecule has 1 saturated carbocycles. The van der Waals surface area contributed by atoms with Crippen LogP contribution in [-0.2, 0) is 4.74 Å². The van der Waals surface area contributed by atoms with Crippen molar-refractivity contribution in [1.29, 1.82) is 0 Å². The molecule has 0 amide bonds. The van der Waals surface area contributed by atoms with Gasteiger partial charge >= 0.3 is 5.97 Å². The number of nitrogens with one attached hydrogen (secondary N) is 1. The number of esters is 1. The molecule has 0 unspecified atom stereocenters. The van der Waals surface area contributed by atoms with E-state index in [1.54, 1.807) is 25.1 Å². The number of rotatable bonds is 5. The Labute approximate surface area is 101 Å². The number of benzene rings is 1. The minimum absolute atomic E-state index is 0.321. The maximum absolute atomic E-state index is 11.8. The SMILES string of the molecule is CCOC(=O)c1cccc(N)c1NCC1CC1. The van der Waals surface area contributed by atoms with Crippen LogP contribution in [0.4, 0.5) is 11.4 Å². The zero-order valence-corrected chi connectivity index (χ0v) is 10.0. The number of hydrogen-bond donors (Lipinski definition) is 2. The van der Waals surface area contributed by atoms with Crippen molar-refractivity contribution in [3.63, 3.8) is 0 Å². The van der Waals surface area contributed by atoms with E-state index >= 15 is 0 Å². The predicted molar refractivity (Wildman–Crippen MR) is 68.0 cm³/mol. The molecule has 1 aromatic rings. The third-order valence-electron chi connectivity index (χ3n) is 2.86. The molecule has 0 radical (unpaired) electrons. The van der Waals surface area contributed by atoms with Gasteiger partial charge in [-0.05, 0) is 37.8 Å². The standard InChI is InChI=1S/C13H18N2O2/c1-2-17-13(16)10-4-3-5-11(14)12(10)15-8-9-6-7-9/h3-5,9,15H,2,6-8,14H2,1H3. The van der Waals surface area contributed by atoms with Crippen molar-refractivity contribution in [3.8, 4) is 0 Å². The van der Waals surface area contributed by atoms with Crippen molar-refractivity contribution in [2.45, 2.75) is 19.8 Å².